The molecule has 0 rings (SSSR count). The van der Waals surface area contributed by atoms with Crippen molar-refractivity contribution in [2.75, 3.05) is 20.3 Å². The van der Waals surface area contributed by atoms with Crippen molar-refractivity contribution in [3.05, 3.63) is 12.2 Å². The van der Waals surface area contributed by atoms with Crippen LogP contribution < -0.4 is 0 Å². The molecule has 0 aromatic heterocycles. The zero-order chi connectivity index (χ0) is 34.0. The normalized spacial score (nSPS) is 13.6. The van der Waals surface area contributed by atoms with Crippen molar-refractivity contribution in [3.8, 4) is 0 Å². The summed E-state index contributed by atoms with van der Waals surface area (Å²) in [5.41, 5.74) is 0. The van der Waals surface area contributed by atoms with Crippen LogP contribution in [0.25, 0.3) is 0 Å². The van der Waals surface area contributed by atoms with Crippen LogP contribution in [0.2, 0.25) is 0 Å². The second-order valence-corrected chi connectivity index (χ2v) is 14.3. The molecule has 0 aliphatic rings. The molecule has 0 aliphatic heterocycles. The summed E-state index contributed by atoms with van der Waals surface area (Å²) in [6.07, 6.45) is 34.0. The van der Waals surface area contributed by atoms with E-state index in [4.69, 9.17) is 14.0 Å². The van der Waals surface area contributed by atoms with Crippen LogP contribution >= 0.6 is 7.82 Å². The number of ether oxygens (including phenoxy) is 2. The summed E-state index contributed by atoms with van der Waals surface area (Å²) >= 11 is 0. The van der Waals surface area contributed by atoms with Gasteiger partial charge in [0, 0.05) is 20.0 Å². The van der Waals surface area contributed by atoms with E-state index in [0.29, 0.717) is 12.8 Å². The average molecular weight is 675 g/mol. The van der Waals surface area contributed by atoms with E-state index < -0.39 is 26.5 Å². The topological polar surface area (TPSA) is 108 Å². The molecule has 0 aliphatic carbocycles. The van der Waals surface area contributed by atoms with Crippen LogP contribution in [0, 0.1) is 0 Å². The van der Waals surface area contributed by atoms with E-state index in [0.717, 1.165) is 58.5 Å². The maximum atomic E-state index is 12.4. The van der Waals surface area contributed by atoms with Gasteiger partial charge in [-0.1, -0.05) is 148 Å². The van der Waals surface area contributed by atoms with Gasteiger partial charge in [0.2, 0.25) is 0 Å². The minimum absolute atomic E-state index is 0.223. The number of phosphoric ester groups is 1. The smallest absolute Gasteiger partial charge is 0.462 e. The Labute approximate surface area is 282 Å². The molecule has 2 unspecified atom stereocenters. The van der Waals surface area contributed by atoms with Crippen LogP contribution in [-0.2, 0) is 32.7 Å². The molecule has 0 aromatic carbocycles. The molecular formula is C37H71O8P. The zero-order valence-corrected chi connectivity index (χ0v) is 30.9. The number of carbonyl (C=O) groups excluding carboxylic acids is 2. The molecular weight excluding hydrogens is 603 g/mol. The molecule has 272 valence electrons. The first-order valence-corrected chi connectivity index (χ1v) is 20.4. The van der Waals surface area contributed by atoms with Gasteiger partial charge in [-0.15, -0.1) is 0 Å². The number of unbranched alkanes of at least 4 members (excludes halogenated alkanes) is 22. The highest BCUT2D eigenvalue weighted by molar-refractivity contribution is 7.47. The SMILES string of the molecule is CCCCCC/C=C\CCCCCCCC(=O)OC(COC(=O)CCCCCCCCCCCCCCCC)COP(=O)(O)OC. The van der Waals surface area contributed by atoms with Crippen molar-refractivity contribution in [2.45, 2.75) is 193 Å². The third-order valence-corrected chi connectivity index (χ3v) is 9.20. The number of carbonyl (C=O) groups is 2. The molecule has 9 heteroatoms. The lowest BCUT2D eigenvalue weighted by atomic mass is 10.0. The van der Waals surface area contributed by atoms with Crippen LogP contribution in [0.4, 0.5) is 0 Å². The Hall–Kier alpha value is -1.21. The van der Waals surface area contributed by atoms with Crippen molar-refractivity contribution in [1.29, 1.82) is 0 Å². The average Bonchev–Trinajstić information content (AvgIpc) is 3.04. The van der Waals surface area contributed by atoms with Gasteiger partial charge in [0.1, 0.15) is 6.61 Å². The monoisotopic (exact) mass is 674 g/mol. The Balaban J connectivity index is 4.05. The fraction of sp³-hybridized carbons (Fsp3) is 0.892. The molecule has 0 heterocycles. The van der Waals surface area contributed by atoms with Crippen LogP contribution in [0.3, 0.4) is 0 Å². The number of allylic oxidation sites excluding steroid dienone is 2. The van der Waals surface area contributed by atoms with Crippen molar-refractivity contribution < 1.29 is 37.6 Å². The van der Waals surface area contributed by atoms with Gasteiger partial charge in [-0.25, -0.2) is 4.57 Å². The Morgan fingerprint density at radius 3 is 1.43 bits per heavy atom. The van der Waals surface area contributed by atoms with Gasteiger partial charge in [-0.3, -0.25) is 18.6 Å². The maximum Gasteiger partial charge on any atom is 0.472 e. The number of hydrogen-bond acceptors (Lipinski definition) is 7. The van der Waals surface area contributed by atoms with Gasteiger partial charge < -0.3 is 14.4 Å². The lowest BCUT2D eigenvalue weighted by molar-refractivity contribution is -0.161. The largest absolute Gasteiger partial charge is 0.472 e. The van der Waals surface area contributed by atoms with Crippen molar-refractivity contribution in [3.63, 3.8) is 0 Å². The summed E-state index contributed by atoms with van der Waals surface area (Å²) in [7, 11) is -3.19. The Bertz CT molecular complexity index is 772. The highest BCUT2D eigenvalue weighted by Gasteiger charge is 2.24. The van der Waals surface area contributed by atoms with Crippen LogP contribution in [0.1, 0.15) is 187 Å². The first-order chi connectivity index (χ1) is 22.3. The molecule has 0 bridgehead atoms. The molecule has 0 saturated carbocycles. The van der Waals surface area contributed by atoms with E-state index in [9.17, 15) is 19.0 Å². The molecule has 2 atom stereocenters. The van der Waals surface area contributed by atoms with Gasteiger partial charge >= 0.3 is 19.8 Å². The molecule has 0 amide bonds. The standard InChI is InChI=1S/C37H71O8P/c1-4-6-8-10-12-14-16-18-20-21-23-25-27-29-31-36(38)43-33-35(34-44-46(40,41)42-3)45-37(39)32-30-28-26-24-22-19-17-15-13-11-9-7-5-2/h15,17,35H,4-14,16,18-34H2,1-3H3,(H,40,41)/b17-15-. The molecule has 0 spiro atoms. The molecule has 46 heavy (non-hydrogen) atoms. The second-order valence-electron chi connectivity index (χ2n) is 12.7. The van der Waals surface area contributed by atoms with Crippen molar-refractivity contribution in [1.82, 2.24) is 0 Å². The van der Waals surface area contributed by atoms with E-state index in [1.165, 1.54) is 103 Å². The zero-order valence-electron chi connectivity index (χ0n) is 30.0. The van der Waals surface area contributed by atoms with Gasteiger partial charge in [0.05, 0.1) is 6.61 Å². The van der Waals surface area contributed by atoms with E-state index >= 15 is 0 Å². The molecule has 1 N–H and O–H groups in total. The van der Waals surface area contributed by atoms with Crippen molar-refractivity contribution in [2.24, 2.45) is 0 Å². The lowest BCUT2D eigenvalue weighted by Gasteiger charge is -2.19. The number of esters is 2. The van der Waals surface area contributed by atoms with Gasteiger partial charge in [-0.05, 0) is 38.5 Å². The number of rotatable bonds is 35. The summed E-state index contributed by atoms with van der Waals surface area (Å²) in [5, 5.41) is 0. The van der Waals surface area contributed by atoms with E-state index in [1.54, 1.807) is 0 Å². The maximum absolute atomic E-state index is 12.4. The highest BCUT2D eigenvalue weighted by Crippen LogP contribution is 2.42. The number of phosphoric acid groups is 1. The highest BCUT2D eigenvalue weighted by atomic mass is 31.2. The summed E-state index contributed by atoms with van der Waals surface area (Å²) in [6.45, 7) is 3.86. The van der Waals surface area contributed by atoms with E-state index in [1.807, 2.05) is 0 Å². The molecule has 0 aromatic rings. The molecule has 0 radical (unpaired) electrons. The molecule has 8 nitrogen and oxygen atoms in total. The fourth-order valence-electron chi connectivity index (χ4n) is 5.30. The Kier molecular flexibility index (Phi) is 32.8. The summed E-state index contributed by atoms with van der Waals surface area (Å²) in [4.78, 5) is 34.3. The van der Waals surface area contributed by atoms with Crippen LogP contribution in [-0.4, -0.2) is 43.3 Å². The van der Waals surface area contributed by atoms with Gasteiger partial charge in [-0.2, -0.15) is 0 Å². The minimum atomic E-state index is -4.25. The number of hydrogen-bond donors (Lipinski definition) is 1. The quantitative estimate of drug-likeness (QED) is 0.0306. The third kappa shape index (κ3) is 32.7. The van der Waals surface area contributed by atoms with Gasteiger partial charge in [0.15, 0.2) is 6.10 Å². The Morgan fingerprint density at radius 1 is 0.587 bits per heavy atom. The Morgan fingerprint density at radius 2 is 0.978 bits per heavy atom. The molecule has 0 fully saturated rings. The van der Waals surface area contributed by atoms with E-state index in [2.05, 4.69) is 30.5 Å². The van der Waals surface area contributed by atoms with E-state index in [-0.39, 0.29) is 19.0 Å². The summed E-state index contributed by atoms with van der Waals surface area (Å²) < 4.78 is 31.8. The summed E-state index contributed by atoms with van der Waals surface area (Å²) in [5.74, 6) is -0.807. The van der Waals surface area contributed by atoms with Crippen LogP contribution in [0.5, 0.6) is 0 Å². The van der Waals surface area contributed by atoms with Gasteiger partial charge in [0.25, 0.3) is 0 Å². The third-order valence-electron chi connectivity index (χ3n) is 8.26. The predicted octanol–water partition coefficient (Wildman–Crippen LogP) is 11.3. The first kappa shape index (κ1) is 44.8. The minimum Gasteiger partial charge on any atom is -0.462 e. The summed E-state index contributed by atoms with van der Waals surface area (Å²) in [6, 6.07) is 0. The fourth-order valence-corrected chi connectivity index (χ4v) is 5.76. The van der Waals surface area contributed by atoms with Crippen LogP contribution in [0.15, 0.2) is 12.2 Å². The first-order valence-electron chi connectivity index (χ1n) is 18.9. The predicted molar refractivity (Wildman–Crippen MR) is 189 cm³/mol. The lowest BCUT2D eigenvalue weighted by Crippen LogP contribution is -2.29. The molecule has 0 saturated heterocycles. The van der Waals surface area contributed by atoms with Crippen molar-refractivity contribution >= 4 is 19.8 Å². The second kappa shape index (κ2) is 33.7.